The van der Waals surface area contributed by atoms with Gasteiger partial charge in [0.1, 0.15) is 0 Å². The van der Waals surface area contributed by atoms with Crippen LogP contribution in [-0.2, 0) is 0 Å². The quantitative estimate of drug-likeness (QED) is 0.842. The van der Waals surface area contributed by atoms with Gasteiger partial charge in [0.2, 0.25) is 0 Å². The largest absolute Gasteiger partial charge is 0.478 e. The summed E-state index contributed by atoms with van der Waals surface area (Å²) in [4.78, 5) is 15.6. The number of benzene rings is 1. The number of carboxylic acid groups (broad SMARTS) is 1. The SMILES string of the molecule is CN1CCCN(c2ccccc2C(=O)O)CC1. The lowest BCUT2D eigenvalue weighted by atomic mass is 10.1. The molecule has 0 amide bonds. The van der Waals surface area contributed by atoms with Crippen LogP contribution in [0.4, 0.5) is 5.69 Å². The first kappa shape index (κ1) is 11.9. The molecular formula is C13H18N2O2. The minimum atomic E-state index is -0.849. The van der Waals surface area contributed by atoms with Gasteiger partial charge in [-0.3, -0.25) is 0 Å². The smallest absolute Gasteiger partial charge is 0.337 e. The van der Waals surface area contributed by atoms with Gasteiger partial charge in [-0.15, -0.1) is 0 Å². The Bertz CT molecular complexity index is 406. The van der Waals surface area contributed by atoms with Crippen molar-refractivity contribution in [2.24, 2.45) is 0 Å². The van der Waals surface area contributed by atoms with E-state index < -0.39 is 5.97 Å². The van der Waals surface area contributed by atoms with Gasteiger partial charge in [-0.25, -0.2) is 4.79 Å². The fourth-order valence-electron chi connectivity index (χ4n) is 2.22. The second-order valence-electron chi connectivity index (χ2n) is 4.47. The topological polar surface area (TPSA) is 43.8 Å². The molecule has 4 heteroatoms. The van der Waals surface area contributed by atoms with E-state index in [0.717, 1.165) is 38.3 Å². The van der Waals surface area contributed by atoms with Crippen LogP contribution in [0.2, 0.25) is 0 Å². The minimum absolute atomic E-state index is 0.400. The molecule has 1 fully saturated rings. The average molecular weight is 234 g/mol. The molecule has 4 nitrogen and oxygen atoms in total. The standard InChI is InChI=1S/C13H18N2O2/c1-14-7-4-8-15(10-9-14)12-6-3-2-5-11(12)13(16)17/h2-3,5-6H,4,7-10H2,1H3,(H,16,17). The van der Waals surface area contributed by atoms with E-state index in [1.807, 2.05) is 12.1 Å². The summed E-state index contributed by atoms with van der Waals surface area (Å²) < 4.78 is 0. The van der Waals surface area contributed by atoms with Gasteiger partial charge in [0, 0.05) is 19.6 Å². The molecule has 0 bridgehead atoms. The summed E-state index contributed by atoms with van der Waals surface area (Å²) in [6.45, 7) is 3.87. The van der Waals surface area contributed by atoms with Crippen LogP contribution in [0, 0.1) is 0 Å². The molecule has 1 aliphatic rings. The van der Waals surface area contributed by atoms with Crippen LogP contribution in [0.1, 0.15) is 16.8 Å². The lowest BCUT2D eigenvalue weighted by Gasteiger charge is -2.24. The lowest BCUT2D eigenvalue weighted by Crippen LogP contribution is -2.29. The maximum Gasteiger partial charge on any atom is 0.337 e. The van der Waals surface area contributed by atoms with Crippen molar-refractivity contribution < 1.29 is 9.90 Å². The molecule has 0 radical (unpaired) electrons. The van der Waals surface area contributed by atoms with Gasteiger partial charge in [-0.2, -0.15) is 0 Å². The van der Waals surface area contributed by atoms with Crippen LogP contribution in [0.5, 0.6) is 0 Å². The third-order valence-electron chi connectivity index (χ3n) is 3.19. The van der Waals surface area contributed by atoms with Crippen molar-refractivity contribution in [1.29, 1.82) is 0 Å². The third-order valence-corrected chi connectivity index (χ3v) is 3.19. The van der Waals surface area contributed by atoms with Crippen LogP contribution in [0.3, 0.4) is 0 Å². The molecule has 1 saturated heterocycles. The second kappa shape index (κ2) is 5.19. The lowest BCUT2D eigenvalue weighted by molar-refractivity contribution is 0.0697. The highest BCUT2D eigenvalue weighted by Crippen LogP contribution is 2.21. The highest BCUT2D eigenvalue weighted by Gasteiger charge is 2.17. The van der Waals surface area contributed by atoms with Gasteiger partial charge in [0.05, 0.1) is 11.3 Å². The summed E-state index contributed by atoms with van der Waals surface area (Å²) >= 11 is 0. The van der Waals surface area contributed by atoms with Gasteiger partial charge in [0.25, 0.3) is 0 Å². The van der Waals surface area contributed by atoms with Crippen molar-refractivity contribution in [3.63, 3.8) is 0 Å². The van der Waals surface area contributed by atoms with Crippen LogP contribution in [-0.4, -0.2) is 49.2 Å². The summed E-state index contributed by atoms with van der Waals surface area (Å²) in [5.41, 5.74) is 1.24. The van der Waals surface area contributed by atoms with Crippen molar-refractivity contribution in [3.05, 3.63) is 29.8 Å². The van der Waals surface area contributed by atoms with E-state index in [0.29, 0.717) is 5.56 Å². The monoisotopic (exact) mass is 234 g/mol. The Kier molecular flexibility index (Phi) is 3.64. The van der Waals surface area contributed by atoms with Crippen LogP contribution >= 0.6 is 0 Å². The molecule has 92 valence electrons. The van der Waals surface area contributed by atoms with E-state index in [2.05, 4.69) is 16.8 Å². The number of rotatable bonds is 2. The van der Waals surface area contributed by atoms with E-state index >= 15 is 0 Å². The fourth-order valence-corrected chi connectivity index (χ4v) is 2.22. The van der Waals surface area contributed by atoms with Crippen LogP contribution in [0.25, 0.3) is 0 Å². The van der Waals surface area contributed by atoms with E-state index in [9.17, 15) is 9.90 Å². The summed E-state index contributed by atoms with van der Waals surface area (Å²) in [5.74, 6) is -0.849. The Hall–Kier alpha value is -1.55. The average Bonchev–Trinajstić information content (AvgIpc) is 2.54. The summed E-state index contributed by atoms with van der Waals surface area (Å²) in [6.07, 6.45) is 1.07. The fraction of sp³-hybridized carbons (Fsp3) is 0.462. The molecule has 1 aromatic rings. The molecule has 1 aliphatic heterocycles. The molecule has 0 unspecified atom stereocenters. The molecule has 1 N–H and O–H groups in total. The minimum Gasteiger partial charge on any atom is -0.478 e. The predicted octanol–water partition coefficient (Wildman–Crippen LogP) is 1.53. The molecule has 17 heavy (non-hydrogen) atoms. The van der Waals surface area contributed by atoms with Gasteiger partial charge >= 0.3 is 5.97 Å². The molecule has 1 aromatic carbocycles. The zero-order chi connectivity index (χ0) is 12.3. The van der Waals surface area contributed by atoms with E-state index in [4.69, 9.17) is 0 Å². The van der Waals surface area contributed by atoms with Crippen molar-refractivity contribution in [2.75, 3.05) is 38.1 Å². The molecular weight excluding hydrogens is 216 g/mol. The first-order chi connectivity index (χ1) is 8.18. The Morgan fingerprint density at radius 3 is 2.71 bits per heavy atom. The van der Waals surface area contributed by atoms with E-state index in [1.165, 1.54) is 0 Å². The Balaban J connectivity index is 2.24. The molecule has 1 heterocycles. The van der Waals surface area contributed by atoms with Gasteiger partial charge in [-0.05, 0) is 32.1 Å². The second-order valence-corrected chi connectivity index (χ2v) is 4.47. The number of likely N-dealkylation sites (N-methyl/N-ethyl adjacent to an activating group) is 1. The zero-order valence-corrected chi connectivity index (χ0v) is 10.1. The Morgan fingerprint density at radius 1 is 1.18 bits per heavy atom. The highest BCUT2D eigenvalue weighted by molar-refractivity contribution is 5.94. The van der Waals surface area contributed by atoms with Crippen molar-refractivity contribution in [2.45, 2.75) is 6.42 Å². The zero-order valence-electron chi connectivity index (χ0n) is 10.1. The number of aromatic carboxylic acids is 1. The first-order valence-corrected chi connectivity index (χ1v) is 5.94. The normalized spacial score (nSPS) is 17.8. The first-order valence-electron chi connectivity index (χ1n) is 5.94. The predicted molar refractivity (Wildman–Crippen MR) is 67.7 cm³/mol. The number of nitrogens with zero attached hydrogens (tertiary/aromatic N) is 2. The molecule has 0 saturated carbocycles. The van der Waals surface area contributed by atoms with Crippen molar-refractivity contribution in [3.8, 4) is 0 Å². The van der Waals surface area contributed by atoms with E-state index in [1.54, 1.807) is 12.1 Å². The number of hydrogen-bond acceptors (Lipinski definition) is 3. The number of carbonyl (C=O) groups is 1. The van der Waals surface area contributed by atoms with E-state index in [-0.39, 0.29) is 0 Å². The number of carboxylic acids is 1. The van der Waals surface area contributed by atoms with Crippen molar-refractivity contribution >= 4 is 11.7 Å². The van der Waals surface area contributed by atoms with Gasteiger partial charge in [-0.1, -0.05) is 12.1 Å². The van der Waals surface area contributed by atoms with Gasteiger partial charge in [0.15, 0.2) is 0 Å². The number of hydrogen-bond donors (Lipinski definition) is 1. The maximum atomic E-state index is 11.2. The summed E-state index contributed by atoms with van der Waals surface area (Å²) in [5, 5.41) is 9.18. The maximum absolute atomic E-state index is 11.2. The molecule has 0 aromatic heterocycles. The summed E-state index contributed by atoms with van der Waals surface area (Å²) in [6, 6.07) is 7.24. The van der Waals surface area contributed by atoms with Crippen molar-refractivity contribution in [1.82, 2.24) is 4.90 Å². The Morgan fingerprint density at radius 2 is 1.94 bits per heavy atom. The number of para-hydroxylation sites is 1. The van der Waals surface area contributed by atoms with Crippen LogP contribution in [0.15, 0.2) is 24.3 Å². The third kappa shape index (κ3) is 2.77. The molecule has 0 spiro atoms. The summed E-state index contributed by atoms with van der Waals surface area (Å²) in [7, 11) is 2.10. The van der Waals surface area contributed by atoms with Crippen LogP contribution < -0.4 is 4.90 Å². The number of anilines is 1. The molecule has 2 rings (SSSR count). The molecule has 0 atom stereocenters. The highest BCUT2D eigenvalue weighted by atomic mass is 16.4. The van der Waals surface area contributed by atoms with Gasteiger partial charge < -0.3 is 14.9 Å². The molecule has 0 aliphatic carbocycles. The Labute approximate surface area is 101 Å².